The van der Waals surface area contributed by atoms with Crippen LogP contribution in [0.4, 0.5) is 0 Å². The summed E-state index contributed by atoms with van der Waals surface area (Å²) in [4.78, 5) is 23.3. The molecule has 1 atom stereocenters. The van der Waals surface area contributed by atoms with Gasteiger partial charge in [0.2, 0.25) is 11.8 Å². The van der Waals surface area contributed by atoms with Crippen LogP contribution >= 0.6 is 0 Å². The molecule has 1 aliphatic carbocycles. The van der Waals surface area contributed by atoms with Crippen molar-refractivity contribution in [1.29, 1.82) is 0 Å². The third kappa shape index (κ3) is 6.00. The average Bonchev–Trinajstić information content (AvgIpc) is 3.05. The van der Waals surface area contributed by atoms with Crippen molar-refractivity contribution in [3.05, 3.63) is 0 Å². The van der Waals surface area contributed by atoms with Gasteiger partial charge in [-0.2, -0.15) is 0 Å². The Morgan fingerprint density at radius 1 is 1.33 bits per heavy atom. The van der Waals surface area contributed by atoms with E-state index < -0.39 is 0 Å². The lowest BCUT2D eigenvalue weighted by molar-refractivity contribution is -0.129. The molecule has 1 aliphatic rings. The van der Waals surface area contributed by atoms with Crippen LogP contribution in [0.15, 0.2) is 0 Å². The van der Waals surface area contributed by atoms with E-state index in [0.717, 1.165) is 19.3 Å². The highest BCUT2D eigenvalue weighted by molar-refractivity contribution is 5.86. The second-order valence-electron chi connectivity index (χ2n) is 6.26. The molecule has 0 aromatic rings. The molecule has 18 heavy (non-hydrogen) atoms. The molecule has 0 saturated heterocycles. The molecule has 0 aromatic heterocycles. The summed E-state index contributed by atoms with van der Waals surface area (Å²) in [6, 6.07) is 0.328. The molecule has 0 aromatic carbocycles. The lowest BCUT2D eigenvalue weighted by atomic mass is 9.84. The van der Waals surface area contributed by atoms with Gasteiger partial charge >= 0.3 is 0 Å². The number of hydrogen-bond acceptors (Lipinski definition) is 3. The lowest BCUT2D eigenvalue weighted by Crippen LogP contribution is -2.42. The van der Waals surface area contributed by atoms with E-state index in [4.69, 9.17) is 5.73 Å². The van der Waals surface area contributed by atoms with Gasteiger partial charge in [-0.3, -0.25) is 9.59 Å². The Kier molecular flexibility index (Phi) is 5.14. The molecule has 0 radical (unpaired) electrons. The number of nitrogens with two attached hydrogens (primary N) is 1. The van der Waals surface area contributed by atoms with Crippen molar-refractivity contribution in [2.45, 2.75) is 46.1 Å². The molecule has 0 heterocycles. The van der Waals surface area contributed by atoms with Gasteiger partial charge in [0.1, 0.15) is 0 Å². The Morgan fingerprint density at radius 2 is 1.94 bits per heavy atom. The van der Waals surface area contributed by atoms with Crippen LogP contribution in [0.2, 0.25) is 0 Å². The van der Waals surface area contributed by atoms with E-state index in [-0.39, 0.29) is 29.7 Å². The molecule has 104 valence electrons. The molecule has 2 amide bonds. The topological polar surface area (TPSA) is 84.2 Å². The van der Waals surface area contributed by atoms with Crippen molar-refractivity contribution in [1.82, 2.24) is 10.6 Å². The van der Waals surface area contributed by atoms with Gasteiger partial charge in [-0.25, -0.2) is 0 Å². The van der Waals surface area contributed by atoms with E-state index in [2.05, 4.69) is 31.4 Å². The number of amides is 2. The number of hydrogen-bond donors (Lipinski definition) is 3. The molecule has 1 saturated carbocycles. The Balaban J connectivity index is 2.30. The van der Waals surface area contributed by atoms with Crippen molar-refractivity contribution in [3.8, 4) is 0 Å². The van der Waals surface area contributed by atoms with Crippen LogP contribution in [0, 0.1) is 11.3 Å². The summed E-state index contributed by atoms with van der Waals surface area (Å²) < 4.78 is 0. The monoisotopic (exact) mass is 255 g/mol. The third-order valence-electron chi connectivity index (χ3n) is 2.88. The molecular formula is C13H25N3O2. The second-order valence-corrected chi connectivity index (χ2v) is 6.26. The van der Waals surface area contributed by atoms with E-state index >= 15 is 0 Å². The van der Waals surface area contributed by atoms with Crippen LogP contribution < -0.4 is 16.4 Å². The van der Waals surface area contributed by atoms with Crippen LogP contribution in [-0.4, -0.2) is 30.9 Å². The Labute approximate surface area is 109 Å². The Bertz CT molecular complexity index is 306. The molecule has 0 bridgehead atoms. The fraction of sp³-hybridized carbons (Fsp3) is 0.846. The Hall–Kier alpha value is -1.10. The first-order valence-corrected chi connectivity index (χ1v) is 6.59. The quantitative estimate of drug-likeness (QED) is 0.642. The SMILES string of the molecule is CC(C)(C)CC(CN)C(=O)NCC(=O)NC1CC1. The highest BCUT2D eigenvalue weighted by Crippen LogP contribution is 2.24. The normalized spacial score (nSPS) is 17.1. The molecule has 4 N–H and O–H groups in total. The first-order chi connectivity index (χ1) is 8.31. The van der Waals surface area contributed by atoms with Crippen LogP contribution in [0.3, 0.4) is 0 Å². The lowest BCUT2D eigenvalue weighted by Gasteiger charge is -2.24. The smallest absolute Gasteiger partial charge is 0.239 e. The minimum atomic E-state index is -0.223. The molecule has 1 unspecified atom stereocenters. The molecular weight excluding hydrogens is 230 g/mol. The zero-order valence-electron chi connectivity index (χ0n) is 11.6. The van der Waals surface area contributed by atoms with Crippen LogP contribution in [0.5, 0.6) is 0 Å². The summed E-state index contributed by atoms with van der Waals surface area (Å²) in [6.45, 7) is 6.58. The van der Waals surface area contributed by atoms with Crippen molar-refractivity contribution in [2.75, 3.05) is 13.1 Å². The number of carbonyl (C=O) groups is 2. The van der Waals surface area contributed by atoms with Crippen molar-refractivity contribution in [2.24, 2.45) is 17.1 Å². The summed E-state index contributed by atoms with van der Waals surface area (Å²) in [6.07, 6.45) is 2.82. The fourth-order valence-electron chi connectivity index (χ4n) is 1.84. The van der Waals surface area contributed by atoms with E-state index in [1.165, 1.54) is 0 Å². The van der Waals surface area contributed by atoms with Crippen molar-refractivity contribution in [3.63, 3.8) is 0 Å². The van der Waals surface area contributed by atoms with Gasteiger partial charge in [-0.05, 0) is 24.7 Å². The predicted molar refractivity (Wildman–Crippen MR) is 70.8 cm³/mol. The van der Waals surface area contributed by atoms with E-state index in [9.17, 15) is 9.59 Å². The van der Waals surface area contributed by atoms with Crippen LogP contribution in [-0.2, 0) is 9.59 Å². The van der Waals surface area contributed by atoms with Gasteiger partial charge in [-0.1, -0.05) is 20.8 Å². The summed E-state index contributed by atoms with van der Waals surface area (Å²) in [7, 11) is 0. The first kappa shape index (κ1) is 15.0. The van der Waals surface area contributed by atoms with Gasteiger partial charge in [0, 0.05) is 12.6 Å². The zero-order valence-corrected chi connectivity index (χ0v) is 11.6. The zero-order chi connectivity index (χ0) is 13.8. The Morgan fingerprint density at radius 3 is 2.39 bits per heavy atom. The van der Waals surface area contributed by atoms with Crippen molar-refractivity contribution < 1.29 is 9.59 Å². The number of rotatable bonds is 6. The maximum atomic E-state index is 11.9. The fourth-order valence-corrected chi connectivity index (χ4v) is 1.84. The molecule has 0 aliphatic heterocycles. The third-order valence-corrected chi connectivity index (χ3v) is 2.88. The summed E-state index contributed by atoms with van der Waals surface area (Å²) >= 11 is 0. The maximum Gasteiger partial charge on any atom is 0.239 e. The highest BCUT2D eigenvalue weighted by atomic mass is 16.2. The first-order valence-electron chi connectivity index (χ1n) is 6.59. The standard InChI is InChI=1S/C13H25N3O2/c1-13(2,3)6-9(7-14)12(18)15-8-11(17)16-10-4-5-10/h9-10H,4-8,14H2,1-3H3,(H,15,18)(H,16,17). The van der Waals surface area contributed by atoms with Gasteiger partial charge in [0.05, 0.1) is 12.5 Å². The van der Waals surface area contributed by atoms with Gasteiger partial charge in [0.25, 0.3) is 0 Å². The molecule has 0 spiro atoms. The minimum Gasteiger partial charge on any atom is -0.352 e. The maximum absolute atomic E-state index is 11.9. The predicted octanol–water partition coefficient (Wildman–Crippen LogP) is 0.392. The molecule has 5 nitrogen and oxygen atoms in total. The number of nitrogens with one attached hydrogen (secondary N) is 2. The van der Waals surface area contributed by atoms with Gasteiger partial charge in [0.15, 0.2) is 0 Å². The van der Waals surface area contributed by atoms with Gasteiger partial charge < -0.3 is 16.4 Å². The largest absolute Gasteiger partial charge is 0.352 e. The summed E-state index contributed by atoms with van der Waals surface area (Å²) in [5.41, 5.74) is 5.67. The van der Waals surface area contributed by atoms with E-state index in [1.54, 1.807) is 0 Å². The number of carbonyl (C=O) groups excluding carboxylic acids is 2. The van der Waals surface area contributed by atoms with Crippen LogP contribution in [0.1, 0.15) is 40.0 Å². The van der Waals surface area contributed by atoms with Crippen molar-refractivity contribution >= 4 is 11.8 Å². The average molecular weight is 255 g/mol. The molecule has 1 rings (SSSR count). The summed E-state index contributed by atoms with van der Waals surface area (Å²) in [5.74, 6) is -0.463. The molecule has 1 fully saturated rings. The second kappa shape index (κ2) is 6.18. The summed E-state index contributed by atoms with van der Waals surface area (Å²) in [5, 5.41) is 5.49. The van der Waals surface area contributed by atoms with Crippen LogP contribution in [0.25, 0.3) is 0 Å². The molecule has 5 heteroatoms. The highest BCUT2D eigenvalue weighted by Gasteiger charge is 2.25. The van der Waals surface area contributed by atoms with E-state index in [0.29, 0.717) is 12.6 Å². The minimum absolute atomic E-state index is 0.0516. The van der Waals surface area contributed by atoms with E-state index in [1.807, 2.05) is 0 Å². The van der Waals surface area contributed by atoms with Gasteiger partial charge in [-0.15, -0.1) is 0 Å².